The number of rotatable bonds is 17. The van der Waals surface area contributed by atoms with Gasteiger partial charge in [0.2, 0.25) is 23.7 Å². The number of hydrogen-bond acceptors (Lipinski definition) is 12. The van der Waals surface area contributed by atoms with Crippen molar-refractivity contribution in [3.8, 4) is 11.4 Å². The van der Waals surface area contributed by atoms with Crippen LogP contribution in [-0.4, -0.2) is 74.3 Å². The Hall–Kier alpha value is -5.27. The number of tetrazole rings is 1. The molecule has 0 bridgehead atoms. The Kier molecular flexibility index (Phi) is 10.6. The van der Waals surface area contributed by atoms with Gasteiger partial charge in [-0.3, -0.25) is 4.79 Å². The minimum Gasteiger partial charge on any atom is -0.379 e. The second kappa shape index (κ2) is 15.7. The lowest BCUT2D eigenvalue weighted by Gasteiger charge is -2.12. The van der Waals surface area contributed by atoms with Crippen molar-refractivity contribution in [1.82, 2.24) is 35.6 Å². The number of benzene rings is 3. The van der Waals surface area contributed by atoms with Crippen molar-refractivity contribution in [1.29, 1.82) is 0 Å². The molecule has 2 heterocycles. The van der Waals surface area contributed by atoms with E-state index in [1.54, 1.807) is 0 Å². The fourth-order valence-electron chi connectivity index (χ4n) is 3.99. The monoisotopic (exact) mass is 580 g/mol. The highest BCUT2D eigenvalue weighted by Crippen LogP contribution is 2.21. The number of nitrogens with one attached hydrogen (secondary N) is 4. The summed E-state index contributed by atoms with van der Waals surface area (Å²) in [5, 5.41) is 23.7. The summed E-state index contributed by atoms with van der Waals surface area (Å²) in [6.07, 6.45) is 1.14. The van der Waals surface area contributed by atoms with Crippen LogP contribution in [0.25, 0.3) is 11.4 Å². The molecular formula is C30H32N10O3. The SMILES string of the molecule is O=C(CCCOCCOCCNc1nc(Nc2ccccc2)nc(Nc2ccc(-c3nn[nH]n3)cc2)n1)c1ccccc1. The maximum atomic E-state index is 12.1. The molecule has 0 spiro atoms. The topological polar surface area (TPSA) is 165 Å². The first kappa shape index (κ1) is 29.2. The van der Waals surface area contributed by atoms with Crippen molar-refractivity contribution in [2.75, 3.05) is 48.9 Å². The average Bonchev–Trinajstić information content (AvgIpc) is 3.58. The standard InChI is InChI=1S/C30H32N10O3/c41-26(22-8-3-1-4-9-22)12-7-18-42-20-21-43-19-17-31-28-34-29(32-24-10-5-2-6-11-24)36-30(35-28)33-25-15-13-23(14-16-25)27-37-39-40-38-27/h1-6,8-11,13-16H,7,12,17-21H2,(H,37,38,39,40)(H3,31,32,33,34,35,36). The van der Waals surface area contributed by atoms with Gasteiger partial charge in [0.05, 0.1) is 19.8 Å². The highest BCUT2D eigenvalue weighted by atomic mass is 16.5. The molecule has 0 radical (unpaired) electrons. The predicted molar refractivity (Wildman–Crippen MR) is 163 cm³/mol. The largest absolute Gasteiger partial charge is 0.379 e. The number of aromatic amines is 1. The van der Waals surface area contributed by atoms with Gasteiger partial charge in [-0.25, -0.2) is 0 Å². The summed E-state index contributed by atoms with van der Waals surface area (Å²) in [4.78, 5) is 25.7. The van der Waals surface area contributed by atoms with Crippen LogP contribution >= 0.6 is 0 Å². The summed E-state index contributed by atoms with van der Waals surface area (Å²) in [7, 11) is 0. The number of anilines is 5. The van der Waals surface area contributed by atoms with Crippen molar-refractivity contribution < 1.29 is 14.3 Å². The van der Waals surface area contributed by atoms with Crippen LogP contribution < -0.4 is 16.0 Å². The first-order valence-corrected chi connectivity index (χ1v) is 13.9. The van der Waals surface area contributed by atoms with Crippen molar-refractivity contribution in [2.24, 2.45) is 0 Å². The molecule has 0 aliphatic rings. The Labute approximate surface area is 248 Å². The zero-order valence-corrected chi connectivity index (χ0v) is 23.4. The fraction of sp³-hybridized carbons (Fsp3) is 0.233. The molecule has 0 aliphatic heterocycles. The Morgan fingerprint density at radius 1 is 0.698 bits per heavy atom. The van der Waals surface area contributed by atoms with Gasteiger partial charge in [0.25, 0.3) is 0 Å². The Morgan fingerprint density at radius 3 is 2.00 bits per heavy atom. The summed E-state index contributed by atoms with van der Waals surface area (Å²) >= 11 is 0. The van der Waals surface area contributed by atoms with Crippen LogP contribution in [0.5, 0.6) is 0 Å². The molecule has 5 rings (SSSR count). The van der Waals surface area contributed by atoms with E-state index in [2.05, 4.69) is 51.5 Å². The molecule has 43 heavy (non-hydrogen) atoms. The molecule has 0 atom stereocenters. The lowest BCUT2D eigenvalue weighted by atomic mass is 10.1. The van der Waals surface area contributed by atoms with Gasteiger partial charge >= 0.3 is 0 Å². The van der Waals surface area contributed by atoms with Gasteiger partial charge in [-0.2, -0.15) is 20.2 Å². The van der Waals surface area contributed by atoms with Gasteiger partial charge in [-0.05, 0) is 48.0 Å². The highest BCUT2D eigenvalue weighted by Gasteiger charge is 2.09. The summed E-state index contributed by atoms with van der Waals surface area (Å²) in [5.41, 5.74) is 3.19. The maximum Gasteiger partial charge on any atom is 0.233 e. The molecule has 220 valence electrons. The number of Topliss-reactive ketones (excluding diaryl/α,β-unsaturated/α-hetero) is 1. The third-order valence-electron chi connectivity index (χ3n) is 6.10. The van der Waals surface area contributed by atoms with Crippen LogP contribution in [0.3, 0.4) is 0 Å². The van der Waals surface area contributed by atoms with Gasteiger partial charge in [0, 0.05) is 42.1 Å². The molecular weight excluding hydrogens is 548 g/mol. The minimum atomic E-state index is 0.128. The molecule has 2 aromatic heterocycles. The van der Waals surface area contributed by atoms with Gasteiger partial charge < -0.3 is 25.4 Å². The summed E-state index contributed by atoms with van der Waals surface area (Å²) < 4.78 is 11.3. The second-order valence-corrected chi connectivity index (χ2v) is 9.28. The van der Waals surface area contributed by atoms with Crippen molar-refractivity contribution in [3.05, 3.63) is 90.5 Å². The molecule has 0 unspecified atom stereocenters. The van der Waals surface area contributed by atoms with E-state index in [1.165, 1.54) is 0 Å². The number of carbonyl (C=O) groups is 1. The number of carbonyl (C=O) groups excluding carboxylic acids is 1. The molecule has 0 saturated carbocycles. The third-order valence-corrected chi connectivity index (χ3v) is 6.10. The summed E-state index contributed by atoms with van der Waals surface area (Å²) in [6.45, 7) is 2.33. The number of ether oxygens (including phenoxy) is 2. The van der Waals surface area contributed by atoms with E-state index in [4.69, 9.17) is 9.47 Å². The second-order valence-electron chi connectivity index (χ2n) is 9.28. The predicted octanol–water partition coefficient (Wildman–Crippen LogP) is 4.65. The minimum absolute atomic E-state index is 0.128. The number of nitrogens with zero attached hydrogens (tertiary/aromatic N) is 6. The number of aromatic nitrogens is 7. The van der Waals surface area contributed by atoms with Crippen LogP contribution in [-0.2, 0) is 9.47 Å². The van der Waals surface area contributed by atoms with E-state index in [9.17, 15) is 4.79 Å². The normalized spacial score (nSPS) is 10.8. The van der Waals surface area contributed by atoms with E-state index in [1.807, 2.05) is 84.9 Å². The van der Waals surface area contributed by atoms with Crippen LogP contribution in [0.1, 0.15) is 23.2 Å². The third kappa shape index (κ3) is 9.38. The van der Waals surface area contributed by atoms with Crippen molar-refractivity contribution in [3.63, 3.8) is 0 Å². The number of H-pyrrole nitrogens is 1. The van der Waals surface area contributed by atoms with E-state index >= 15 is 0 Å². The average molecular weight is 581 g/mol. The molecule has 0 aliphatic carbocycles. The summed E-state index contributed by atoms with van der Waals surface area (Å²) in [5.74, 6) is 1.78. The zero-order chi connectivity index (χ0) is 29.5. The van der Waals surface area contributed by atoms with E-state index < -0.39 is 0 Å². The van der Waals surface area contributed by atoms with E-state index in [0.717, 1.165) is 22.5 Å². The van der Waals surface area contributed by atoms with Crippen LogP contribution in [0.2, 0.25) is 0 Å². The first-order valence-electron chi connectivity index (χ1n) is 13.9. The van der Waals surface area contributed by atoms with Gasteiger partial charge in [0.15, 0.2) is 5.78 Å². The molecule has 0 fully saturated rings. The fourth-order valence-corrected chi connectivity index (χ4v) is 3.99. The number of para-hydroxylation sites is 1. The molecule has 4 N–H and O–H groups in total. The lowest BCUT2D eigenvalue weighted by Crippen LogP contribution is -2.15. The van der Waals surface area contributed by atoms with Gasteiger partial charge in [-0.15, -0.1) is 10.2 Å². The lowest BCUT2D eigenvalue weighted by molar-refractivity contribution is 0.0497. The van der Waals surface area contributed by atoms with Gasteiger partial charge in [0.1, 0.15) is 0 Å². The maximum absolute atomic E-state index is 12.1. The molecule has 13 heteroatoms. The number of ketones is 1. The van der Waals surface area contributed by atoms with Crippen LogP contribution in [0, 0.1) is 0 Å². The van der Waals surface area contributed by atoms with Crippen LogP contribution in [0.4, 0.5) is 29.2 Å². The zero-order valence-electron chi connectivity index (χ0n) is 23.4. The van der Waals surface area contributed by atoms with Gasteiger partial charge in [-0.1, -0.05) is 48.5 Å². The Morgan fingerprint density at radius 2 is 1.33 bits per heavy atom. The Balaban J connectivity index is 1.07. The molecule has 3 aromatic carbocycles. The number of hydrogen-bond donors (Lipinski definition) is 4. The van der Waals surface area contributed by atoms with E-state index in [-0.39, 0.29) is 5.78 Å². The van der Waals surface area contributed by atoms with Crippen molar-refractivity contribution >= 4 is 35.0 Å². The Bertz CT molecular complexity index is 1540. The molecule has 0 saturated heterocycles. The van der Waals surface area contributed by atoms with Crippen LogP contribution in [0.15, 0.2) is 84.9 Å². The first-order chi connectivity index (χ1) is 21.2. The molecule has 13 nitrogen and oxygen atoms in total. The van der Waals surface area contributed by atoms with Crippen molar-refractivity contribution in [2.45, 2.75) is 12.8 Å². The highest BCUT2D eigenvalue weighted by molar-refractivity contribution is 5.95. The smallest absolute Gasteiger partial charge is 0.233 e. The van der Waals surface area contributed by atoms with E-state index in [0.29, 0.717) is 69.5 Å². The molecule has 5 aromatic rings. The quantitative estimate of drug-likeness (QED) is 0.0890. The molecule has 0 amide bonds. The summed E-state index contributed by atoms with van der Waals surface area (Å²) in [6, 6.07) is 26.5.